The van der Waals surface area contributed by atoms with Gasteiger partial charge in [0.25, 0.3) is 0 Å². The zero-order valence-corrected chi connectivity index (χ0v) is 45.1. The molecule has 0 N–H and O–H groups in total. The van der Waals surface area contributed by atoms with Crippen molar-refractivity contribution in [2.45, 2.75) is 87.0 Å². The molecule has 1 unspecified atom stereocenters. The van der Waals surface area contributed by atoms with Crippen LogP contribution < -0.4 is 15.6 Å². The Morgan fingerprint density at radius 1 is 0.288 bits per heavy atom. The molecule has 0 nitrogen and oxygen atoms in total. The summed E-state index contributed by atoms with van der Waals surface area (Å²) in [5.74, 6) is 0.239. The summed E-state index contributed by atoms with van der Waals surface area (Å²) in [6.07, 6.45) is 5.22. The molecule has 0 aliphatic heterocycles. The monoisotopic (exact) mass is 963 g/mol. The maximum absolute atomic E-state index is 3.40. The Morgan fingerprint density at radius 3 is 0.767 bits per heavy atom. The summed E-state index contributed by atoms with van der Waals surface area (Å²) in [7, 11) is -3.40. The summed E-state index contributed by atoms with van der Waals surface area (Å²) in [5.41, 5.74) is 25.4. The first-order valence-electron chi connectivity index (χ1n) is 26.6. The third-order valence-electron chi connectivity index (χ3n) is 16.8. The molecule has 1 heteroatoms. The van der Waals surface area contributed by atoms with Crippen molar-refractivity contribution in [2.75, 3.05) is 0 Å². The standard InChI is InChI=1S/C72H70Si/c1-50-51(2)53(4)72(52(50)3)73(69-41-38-63(44-57-26-14-8-15-27-57)54(5)66(69)47-60-32-20-11-21-33-60,70-42-39-64(45-58-28-16-9-17-29-58)55(6)67(70)48-61-34-22-12-23-35-61)71-43-40-65(46-59-30-18-10-19-31-59)56(7)68(71)49-62-36-24-13-25-37-62/h8-43,52H,44-49H2,1-7H3. The van der Waals surface area contributed by atoms with Gasteiger partial charge in [-0.15, -0.1) is 0 Å². The van der Waals surface area contributed by atoms with Crippen LogP contribution in [0.25, 0.3) is 0 Å². The molecule has 1 aliphatic carbocycles. The van der Waals surface area contributed by atoms with E-state index < -0.39 is 8.07 Å². The zero-order valence-electron chi connectivity index (χ0n) is 44.1. The van der Waals surface area contributed by atoms with Gasteiger partial charge in [0.15, 0.2) is 8.07 Å². The maximum atomic E-state index is 2.66. The van der Waals surface area contributed by atoms with E-state index in [0.29, 0.717) is 0 Å². The summed E-state index contributed by atoms with van der Waals surface area (Å²) in [5, 5.41) is 6.23. The number of allylic oxidation sites excluding steroid dienone is 4. The third-order valence-corrected chi connectivity index (χ3v) is 22.2. The Balaban J connectivity index is 1.39. The lowest BCUT2D eigenvalue weighted by Crippen LogP contribution is -2.72. The Labute approximate surface area is 437 Å². The molecule has 1 atom stereocenters. The van der Waals surface area contributed by atoms with Gasteiger partial charge in [-0.3, -0.25) is 0 Å². The highest BCUT2D eigenvalue weighted by Gasteiger charge is 2.52. The van der Waals surface area contributed by atoms with Crippen molar-refractivity contribution in [2.24, 2.45) is 5.92 Å². The van der Waals surface area contributed by atoms with Gasteiger partial charge in [0, 0.05) is 0 Å². The smallest absolute Gasteiger partial charge is 0.0636 e. The minimum Gasteiger partial charge on any atom is -0.0636 e. The fraction of sp³-hybridized carbons (Fsp3) is 0.194. The van der Waals surface area contributed by atoms with E-state index in [1.54, 1.807) is 5.20 Å². The van der Waals surface area contributed by atoms with Crippen LogP contribution in [0.3, 0.4) is 0 Å². The fourth-order valence-electron chi connectivity index (χ4n) is 12.4. The maximum Gasteiger partial charge on any atom is 0.177 e. The minimum absolute atomic E-state index is 0.239. The van der Waals surface area contributed by atoms with Crippen LogP contribution in [0.15, 0.2) is 240 Å². The SMILES string of the molecule is CC1=C(C)C(C)C([Si](c2ccc(Cc3ccccc3)c(C)c2Cc2ccccc2)(c2ccc(Cc3ccccc3)c(C)c2Cc2ccccc2)c2ccc(Cc3ccccc3)c(C)c2Cc2ccccc2)=C1C. The van der Waals surface area contributed by atoms with E-state index in [0.717, 1.165) is 38.5 Å². The Morgan fingerprint density at radius 2 is 0.534 bits per heavy atom. The van der Waals surface area contributed by atoms with Gasteiger partial charge in [-0.1, -0.05) is 242 Å². The second-order valence-electron chi connectivity index (χ2n) is 20.9. The van der Waals surface area contributed by atoms with E-state index in [2.05, 4.69) is 267 Å². The molecule has 0 fully saturated rings. The predicted molar refractivity (Wildman–Crippen MR) is 314 cm³/mol. The van der Waals surface area contributed by atoms with Crippen LogP contribution in [0, 0.1) is 26.7 Å². The average Bonchev–Trinajstić information content (AvgIpc) is 3.61. The molecule has 0 bridgehead atoms. The summed E-state index contributed by atoms with van der Waals surface area (Å²) < 4.78 is 0. The molecule has 362 valence electrons. The van der Waals surface area contributed by atoms with Gasteiger partial charge < -0.3 is 0 Å². The molecule has 0 aromatic heterocycles. The predicted octanol–water partition coefficient (Wildman–Crippen LogP) is 15.5. The molecule has 0 spiro atoms. The van der Waals surface area contributed by atoms with E-state index in [1.165, 1.54) is 116 Å². The molecule has 1 aliphatic rings. The first-order valence-corrected chi connectivity index (χ1v) is 28.6. The van der Waals surface area contributed by atoms with E-state index in [4.69, 9.17) is 0 Å². The molecule has 9 aromatic carbocycles. The van der Waals surface area contributed by atoms with Gasteiger partial charge in [0.1, 0.15) is 0 Å². The van der Waals surface area contributed by atoms with Crippen molar-refractivity contribution in [1.82, 2.24) is 0 Å². The highest BCUT2D eigenvalue weighted by molar-refractivity contribution is 7.17. The van der Waals surface area contributed by atoms with Gasteiger partial charge in [-0.05, 0) is 191 Å². The van der Waals surface area contributed by atoms with Crippen LogP contribution in [0.2, 0.25) is 0 Å². The van der Waals surface area contributed by atoms with Crippen LogP contribution >= 0.6 is 0 Å². The fourth-order valence-corrected chi connectivity index (χ4v) is 19.0. The van der Waals surface area contributed by atoms with Crippen LogP contribution in [-0.2, 0) is 38.5 Å². The van der Waals surface area contributed by atoms with Crippen LogP contribution in [0.1, 0.15) is 111 Å². The van der Waals surface area contributed by atoms with E-state index in [9.17, 15) is 0 Å². The van der Waals surface area contributed by atoms with Gasteiger partial charge >= 0.3 is 0 Å². The van der Waals surface area contributed by atoms with Crippen LogP contribution in [-0.4, -0.2) is 8.07 Å². The highest BCUT2D eigenvalue weighted by atomic mass is 28.3. The molecular formula is C72H70Si. The number of hydrogen-bond acceptors (Lipinski definition) is 0. The largest absolute Gasteiger partial charge is 0.177 e. The highest BCUT2D eigenvalue weighted by Crippen LogP contribution is 2.44. The summed E-state index contributed by atoms with van der Waals surface area (Å²) in [6, 6.07) is 82.8. The molecule has 10 rings (SSSR count). The Hall–Kier alpha value is -7.32. The molecule has 0 heterocycles. The molecule has 0 saturated carbocycles. The number of benzene rings is 9. The lowest BCUT2D eigenvalue weighted by atomic mass is 9.92. The van der Waals surface area contributed by atoms with Crippen molar-refractivity contribution in [1.29, 1.82) is 0 Å². The lowest BCUT2D eigenvalue weighted by Gasteiger charge is -2.43. The molecule has 0 saturated heterocycles. The summed E-state index contributed by atoms with van der Waals surface area (Å²) in [6.45, 7) is 17.2. The second-order valence-corrected chi connectivity index (χ2v) is 24.6. The summed E-state index contributed by atoms with van der Waals surface area (Å²) >= 11 is 0. The first kappa shape index (κ1) is 49.3. The first-order chi connectivity index (χ1) is 35.6. The average molecular weight is 963 g/mol. The van der Waals surface area contributed by atoms with Gasteiger partial charge in [-0.2, -0.15) is 0 Å². The van der Waals surface area contributed by atoms with Crippen LogP contribution in [0.4, 0.5) is 0 Å². The van der Waals surface area contributed by atoms with Crippen molar-refractivity contribution in [3.8, 4) is 0 Å². The number of hydrogen-bond donors (Lipinski definition) is 0. The second kappa shape index (κ2) is 21.8. The normalized spacial score (nSPS) is 13.8. The quantitative estimate of drug-likeness (QED) is 0.0669. The number of rotatable bonds is 16. The van der Waals surface area contributed by atoms with Gasteiger partial charge in [0.05, 0.1) is 0 Å². The van der Waals surface area contributed by atoms with Crippen LogP contribution in [0.5, 0.6) is 0 Å². The van der Waals surface area contributed by atoms with Gasteiger partial charge in [-0.25, -0.2) is 0 Å². The topological polar surface area (TPSA) is 0 Å². The third kappa shape index (κ3) is 9.97. The molecule has 9 aromatic rings. The van der Waals surface area contributed by atoms with E-state index >= 15 is 0 Å². The zero-order chi connectivity index (χ0) is 50.5. The molecule has 0 radical (unpaired) electrons. The van der Waals surface area contributed by atoms with E-state index in [-0.39, 0.29) is 5.92 Å². The van der Waals surface area contributed by atoms with E-state index in [1.807, 2.05) is 0 Å². The van der Waals surface area contributed by atoms with Gasteiger partial charge in [0.2, 0.25) is 0 Å². The molecular weight excluding hydrogens is 893 g/mol. The van der Waals surface area contributed by atoms with Crippen molar-refractivity contribution in [3.05, 3.63) is 324 Å². The Kier molecular flexibility index (Phi) is 14.7. The van der Waals surface area contributed by atoms with Crippen molar-refractivity contribution < 1.29 is 0 Å². The van der Waals surface area contributed by atoms with Crippen molar-refractivity contribution >= 4 is 23.6 Å². The van der Waals surface area contributed by atoms with Crippen molar-refractivity contribution in [3.63, 3.8) is 0 Å². The Bertz CT molecular complexity index is 3090. The summed E-state index contributed by atoms with van der Waals surface area (Å²) in [4.78, 5) is 0. The molecule has 73 heavy (non-hydrogen) atoms. The molecule has 0 amide bonds. The lowest BCUT2D eigenvalue weighted by molar-refractivity contribution is 0.851. The minimum atomic E-state index is -3.40.